The molecular weight excluding hydrogens is 314 g/mol. The first-order valence-electron chi connectivity index (χ1n) is 6.81. The number of aryl methyl sites for hydroxylation is 1. The van der Waals surface area contributed by atoms with Crippen LogP contribution in [0.25, 0.3) is 0 Å². The van der Waals surface area contributed by atoms with Gasteiger partial charge in [-0.25, -0.2) is 13.8 Å². The number of nitrogens with zero attached hydrogens (tertiary/aromatic N) is 4. The lowest BCUT2D eigenvalue weighted by Gasteiger charge is -2.19. The van der Waals surface area contributed by atoms with Gasteiger partial charge in [0.25, 0.3) is 11.8 Å². The highest BCUT2D eigenvalue weighted by molar-refractivity contribution is 5.92. The standard InChI is InChI=1S/C13H14F2N4O4/c1-7-10(22-6-16-7)12(20)19-5-13(14,15)3-8(19)11-17-9(4-21-2)18-23-11/h6,8H,3-5H2,1-2H3/t8-/m0/s1. The van der Waals surface area contributed by atoms with E-state index in [-0.39, 0.29) is 24.1 Å². The number of amides is 1. The van der Waals surface area contributed by atoms with Crippen LogP contribution >= 0.6 is 0 Å². The highest BCUT2D eigenvalue weighted by Gasteiger charge is 2.50. The maximum atomic E-state index is 13.8. The summed E-state index contributed by atoms with van der Waals surface area (Å²) in [6.07, 6.45) is 0.496. The van der Waals surface area contributed by atoms with E-state index in [0.29, 0.717) is 5.69 Å². The van der Waals surface area contributed by atoms with Crippen molar-refractivity contribution in [1.82, 2.24) is 20.0 Å². The molecule has 3 rings (SSSR count). The number of carbonyl (C=O) groups is 1. The Hall–Kier alpha value is -2.36. The van der Waals surface area contributed by atoms with Gasteiger partial charge in [-0.2, -0.15) is 4.98 Å². The molecule has 0 aliphatic carbocycles. The van der Waals surface area contributed by atoms with E-state index < -0.39 is 30.8 Å². The Bertz CT molecular complexity index is 714. The minimum atomic E-state index is -3.05. The van der Waals surface area contributed by atoms with Gasteiger partial charge in [0.15, 0.2) is 12.2 Å². The van der Waals surface area contributed by atoms with Gasteiger partial charge in [-0.1, -0.05) is 5.16 Å². The molecule has 23 heavy (non-hydrogen) atoms. The molecule has 0 radical (unpaired) electrons. The quantitative estimate of drug-likeness (QED) is 0.843. The molecule has 1 amide bonds. The molecule has 1 fully saturated rings. The number of oxazole rings is 1. The van der Waals surface area contributed by atoms with Crippen LogP contribution in [0, 0.1) is 6.92 Å². The summed E-state index contributed by atoms with van der Waals surface area (Å²) in [4.78, 5) is 21.3. The summed E-state index contributed by atoms with van der Waals surface area (Å²) in [7, 11) is 1.45. The van der Waals surface area contributed by atoms with Crippen LogP contribution in [0.15, 0.2) is 15.3 Å². The molecule has 0 spiro atoms. The normalized spacial score (nSPS) is 20.2. The molecule has 1 atom stereocenters. The van der Waals surface area contributed by atoms with Crippen molar-refractivity contribution in [3.63, 3.8) is 0 Å². The van der Waals surface area contributed by atoms with Crippen molar-refractivity contribution in [3.05, 3.63) is 29.6 Å². The lowest BCUT2D eigenvalue weighted by atomic mass is 10.2. The molecule has 2 aromatic rings. The number of carbonyl (C=O) groups excluding carboxylic acids is 1. The molecule has 0 bridgehead atoms. The third-order valence-corrected chi connectivity index (χ3v) is 3.51. The predicted molar refractivity (Wildman–Crippen MR) is 69.6 cm³/mol. The van der Waals surface area contributed by atoms with Crippen LogP contribution in [0.5, 0.6) is 0 Å². The van der Waals surface area contributed by atoms with Crippen molar-refractivity contribution in [2.75, 3.05) is 13.7 Å². The SMILES string of the molecule is COCc1noc([C@@H]2CC(F)(F)CN2C(=O)c2ocnc2C)n1. The van der Waals surface area contributed by atoms with Gasteiger partial charge in [-0.05, 0) is 6.92 Å². The van der Waals surface area contributed by atoms with E-state index in [1.807, 2.05) is 0 Å². The summed E-state index contributed by atoms with van der Waals surface area (Å²) < 4.78 is 42.5. The van der Waals surface area contributed by atoms with Gasteiger partial charge in [0.05, 0.1) is 12.2 Å². The summed E-state index contributed by atoms with van der Waals surface area (Å²) in [5, 5.41) is 3.64. The molecule has 0 saturated carbocycles. The van der Waals surface area contributed by atoms with Crippen molar-refractivity contribution in [3.8, 4) is 0 Å². The number of ether oxygens (including phenoxy) is 1. The number of alkyl halides is 2. The van der Waals surface area contributed by atoms with Crippen molar-refractivity contribution in [2.24, 2.45) is 0 Å². The van der Waals surface area contributed by atoms with Crippen molar-refractivity contribution < 1.29 is 27.3 Å². The summed E-state index contributed by atoms with van der Waals surface area (Å²) in [6, 6.07) is -1.03. The molecule has 2 aromatic heterocycles. The predicted octanol–water partition coefficient (Wildman–Crippen LogP) is 1.73. The highest BCUT2D eigenvalue weighted by atomic mass is 19.3. The van der Waals surface area contributed by atoms with Gasteiger partial charge in [0.1, 0.15) is 12.6 Å². The first kappa shape index (κ1) is 15.5. The number of aromatic nitrogens is 3. The van der Waals surface area contributed by atoms with Crippen molar-refractivity contribution >= 4 is 5.91 Å². The number of methoxy groups -OCH3 is 1. The maximum absolute atomic E-state index is 13.8. The van der Waals surface area contributed by atoms with Crippen LogP contribution in [0.1, 0.15) is 40.4 Å². The van der Waals surface area contributed by atoms with E-state index in [9.17, 15) is 13.6 Å². The minimum Gasteiger partial charge on any atom is -0.438 e. The fourth-order valence-electron chi connectivity index (χ4n) is 2.48. The zero-order chi connectivity index (χ0) is 16.6. The van der Waals surface area contributed by atoms with E-state index in [4.69, 9.17) is 13.7 Å². The first-order chi connectivity index (χ1) is 10.9. The van der Waals surface area contributed by atoms with Crippen LogP contribution in [0.2, 0.25) is 0 Å². The molecule has 1 aliphatic rings. The Kier molecular flexibility index (Phi) is 3.84. The van der Waals surface area contributed by atoms with E-state index in [2.05, 4.69) is 15.1 Å². The largest absolute Gasteiger partial charge is 0.438 e. The average molecular weight is 328 g/mol. The molecular formula is C13H14F2N4O4. The zero-order valence-electron chi connectivity index (χ0n) is 12.5. The lowest BCUT2D eigenvalue weighted by Crippen LogP contribution is -2.33. The maximum Gasteiger partial charge on any atom is 0.292 e. The third kappa shape index (κ3) is 2.93. The Morgan fingerprint density at radius 1 is 1.57 bits per heavy atom. The van der Waals surface area contributed by atoms with Crippen LogP contribution in [-0.2, 0) is 11.3 Å². The van der Waals surface area contributed by atoms with Crippen LogP contribution in [0.3, 0.4) is 0 Å². The molecule has 1 saturated heterocycles. The van der Waals surface area contributed by atoms with Gasteiger partial charge in [0, 0.05) is 13.5 Å². The van der Waals surface area contributed by atoms with Crippen LogP contribution in [0.4, 0.5) is 8.78 Å². The summed E-state index contributed by atoms with van der Waals surface area (Å²) in [5.74, 6) is -3.65. The lowest BCUT2D eigenvalue weighted by molar-refractivity contribution is 0.0113. The topological polar surface area (TPSA) is 94.5 Å². The molecule has 0 unspecified atom stereocenters. The number of likely N-dealkylation sites (tertiary alicyclic amines) is 1. The number of hydrogen-bond acceptors (Lipinski definition) is 7. The van der Waals surface area contributed by atoms with Crippen LogP contribution in [-0.4, -0.2) is 45.5 Å². The van der Waals surface area contributed by atoms with E-state index in [1.54, 1.807) is 6.92 Å². The molecule has 8 nitrogen and oxygen atoms in total. The third-order valence-electron chi connectivity index (χ3n) is 3.51. The molecule has 1 aliphatic heterocycles. The Morgan fingerprint density at radius 3 is 3.00 bits per heavy atom. The fourth-order valence-corrected chi connectivity index (χ4v) is 2.48. The Morgan fingerprint density at radius 2 is 2.35 bits per heavy atom. The monoisotopic (exact) mass is 328 g/mol. The van der Waals surface area contributed by atoms with Gasteiger partial charge in [0.2, 0.25) is 11.7 Å². The number of hydrogen-bond donors (Lipinski definition) is 0. The smallest absolute Gasteiger partial charge is 0.292 e. The van der Waals surface area contributed by atoms with Gasteiger partial charge < -0.3 is 18.6 Å². The summed E-state index contributed by atoms with van der Waals surface area (Å²) >= 11 is 0. The second kappa shape index (κ2) is 5.69. The molecule has 0 N–H and O–H groups in total. The van der Waals surface area contributed by atoms with Crippen molar-refractivity contribution in [1.29, 1.82) is 0 Å². The first-order valence-corrected chi connectivity index (χ1v) is 6.81. The van der Waals surface area contributed by atoms with E-state index >= 15 is 0 Å². The number of rotatable bonds is 4. The molecule has 124 valence electrons. The van der Waals surface area contributed by atoms with Gasteiger partial charge in [-0.3, -0.25) is 4.79 Å². The second-order valence-corrected chi connectivity index (χ2v) is 5.26. The fraction of sp³-hybridized carbons (Fsp3) is 0.538. The highest BCUT2D eigenvalue weighted by Crippen LogP contribution is 2.41. The average Bonchev–Trinajstić information content (AvgIpc) is 3.17. The van der Waals surface area contributed by atoms with Gasteiger partial charge in [-0.15, -0.1) is 0 Å². The Labute approximate surface area is 129 Å². The van der Waals surface area contributed by atoms with E-state index in [0.717, 1.165) is 11.3 Å². The van der Waals surface area contributed by atoms with Crippen molar-refractivity contribution in [2.45, 2.75) is 31.9 Å². The molecule has 0 aromatic carbocycles. The minimum absolute atomic E-state index is 0.0558. The number of halogens is 2. The summed E-state index contributed by atoms with van der Waals surface area (Å²) in [5.41, 5.74) is 0.328. The Balaban J connectivity index is 1.90. The zero-order valence-corrected chi connectivity index (χ0v) is 12.5. The van der Waals surface area contributed by atoms with E-state index in [1.165, 1.54) is 7.11 Å². The molecule has 10 heteroatoms. The van der Waals surface area contributed by atoms with Gasteiger partial charge >= 0.3 is 0 Å². The van der Waals surface area contributed by atoms with Crippen LogP contribution < -0.4 is 0 Å². The second-order valence-electron chi connectivity index (χ2n) is 5.26. The molecule has 3 heterocycles. The summed E-state index contributed by atoms with van der Waals surface area (Å²) in [6.45, 7) is 0.893.